The van der Waals surface area contributed by atoms with Gasteiger partial charge in [0.15, 0.2) is 0 Å². The molecule has 0 radical (unpaired) electrons. The quantitative estimate of drug-likeness (QED) is 0.584. The zero-order valence-electron chi connectivity index (χ0n) is 11.5. The number of carboxylic acid groups (broad SMARTS) is 2. The van der Waals surface area contributed by atoms with Crippen LogP contribution in [0.25, 0.3) is 0 Å². The van der Waals surface area contributed by atoms with Crippen molar-refractivity contribution in [2.45, 2.75) is 38.3 Å². The first-order valence-corrected chi connectivity index (χ1v) is 7.37. The third-order valence-corrected chi connectivity index (χ3v) is 3.84. The molecule has 1 aromatic heterocycles. The largest absolute Gasteiger partial charge is 0.481 e. The maximum Gasteiger partial charge on any atom is 0.326 e. The van der Waals surface area contributed by atoms with Crippen LogP contribution in [0, 0.1) is 0 Å². The third kappa shape index (κ3) is 5.82. The average Bonchev–Trinajstić information content (AvgIpc) is 2.94. The van der Waals surface area contributed by atoms with E-state index in [1.165, 1.54) is 11.3 Å². The number of thiophene rings is 1. The van der Waals surface area contributed by atoms with Crippen LogP contribution in [0.4, 0.5) is 4.79 Å². The van der Waals surface area contributed by atoms with E-state index in [4.69, 9.17) is 10.2 Å². The molecule has 4 N–H and O–H groups in total. The van der Waals surface area contributed by atoms with Crippen molar-refractivity contribution in [2.75, 3.05) is 0 Å². The summed E-state index contributed by atoms with van der Waals surface area (Å²) in [4.78, 5) is 34.3. The highest BCUT2D eigenvalue weighted by atomic mass is 32.1. The number of carboxylic acids is 2. The van der Waals surface area contributed by atoms with Crippen LogP contribution in [0.5, 0.6) is 0 Å². The van der Waals surface area contributed by atoms with Gasteiger partial charge in [0.2, 0.25) is 0 Å². The second-order valence-electron chi connectivity index (χ2n) is 4.42. The minimum absolute atomic E-state index is 0.159. The lowest BCUT2D eigenvalue weighted by Gasteiger charge is -2.19. The molecule has 7 nitrogen and oxygen atoms in total. The van der Waals surface area contributed by atoms with Crippen molar-refractivity contribution in [3.63, 3.8) is 0 Å². The summed E-state index contributed by atoms with van der Waals surface area (Å²) in [6, 6.07) is 1.72. The summed E-state index contributed by atoms with van der Waals surface area (Å²) in [5.74, 6) is -2.36. The average molecular weight is 314 g/mol. The van der Waals surface area contributed by atoms with Crippen LogP contribution >= 0.6 is 11.3 Å². The molecule has 1 aromatic rings. The molecular formula is C13H18N2O5S. The zero-order valence-corrected chi connectivity index (χ0v) is 12.4. The van der Waals surface area contributed by atoms with Gasteiger partial charge in [-0.3, -0.25) is 4.79 Å². The molecule has 1 rings (SSSR count). The summed E-state index contributed by atoms with van der Waals surface area (Å²) >= 11 is 1.50. The molecule has 2 unspecified atom stereocenters. The number of hydrogen-bond acceptors (Lipinski definition) is 4. The van der Waals surface area contributed by atoms with Gasteiger partial charge >= 0.3 is 18.0 Å². The maximum absolute atomic E-state index is 11.8. The van der Waals surface area contributed by atoms with Crippen molar-refractivity contribution in [1.82, 2.24) is 10.6 Å². The van der Waals surface area contributed by atoms with Crippen LogP contribution in [0.2, 0.25) is 0 Å². The summed E-state index contributed by atoms with van der Waals surface area (Å²) in [5.41, 5.74) is 0. The van der Waals surface area contributed by atoms with Gasteiger partial charge in [-0.25, -0.2) is 9.59 Å². The first-order valence-electron chi connectivity index (χ1n) is 6.49. The molecule has 0 spiro atoms. The maximum atomic E-state index is 11.8. The Labute approximate surface area is 126 Å². The van der Waals surface area contributed by atoms with Gasteiger partial charge in [-0.2, -0.15) is 0 Å². The molecule has 0 bridgehead atoms. The number of carbonyl (C=O) groups is 3. The zero-order chi connectivity index (χ0) is 15.8. The number of urea groups is 1. The molecule has 1 heterocycles. The third-order valence-electron chi connectivity index (χ3n) is 2.85. The molecule has 8 heteroatoms. The van der Waals surface area contributed by atoms with E-state index < -0.39 is 24.0 Å². The number of nitrogens with one attached hydrogen (secondary N) is 2. The summed E-state index contributed by atoms with van der Waals surface area (Å²) in [6.07, 6.45) is 0.189. The monoisotopic (exact) mass is 314 g/mol. The van der Waals surface area contributed by atoms with Crippen molar-refractivity contribution in [3.8, 4) is 0 Å². The Bertz CT molecular complexity index is 489. The van der Waals surface area contributed by atoms with Crippen LogP contribution in [0.1, 0.15) is 37.1 Å². The molecule has 0 aliphatic heterocycles. The standard InChI is InChI=1S/C13H18N2O5S/c1-2-8(10-4-3-7-21-10)14-13(20)15-9(12(18)19)5-6-11(16)17/h3-4,7-9H,2,5-6H2,1H3,(H,16,17)(H,18,19)(H2,14,15,20). The molecule has 21 heavy (non-hydrogen) atoms. The van der Waals surface area contributed by atoms with Crippen LogP contribution in [0.3, 0.4) is 0 Å². The smallest absolute Gasteiger partial charge is 0.326 e. The van der Waals surface area contributed by atoms with Crippen LogP contribution < -0.4 is 10.6 Å². The number of amides is 2. The van der Waals surface area contributed by atoms with Crippen molar-refractivity contribution in [1.29, 1.82) is 0 Å². The Balaban J connectivity index is 2.56. The van der Waals surface area contributed by atoms with Crippen molar-refractivity contribution >= 4 is 29.3 Å². The van der Waals surface area contributed by atoms with Crippen molar-refractivity contribution < 1.29 is 24.6 Å². The number of aliphatic carboxylic acids is 2. The van der Waals surface area contributed by atoms with Crippen LogP contribution in [-0.2, 0) is 9.59 Å². The fourth-order valence-electron chi connectivity index (χ4n) is 1.75. The van der Waals surface area contributed by atoms with Crippen molar-refractivity contribution in [3.05, 3.63) is 22.4 Å². The van der Waals surface area contributed by atoms with Gasteiger partial charge < -0.3 is 20.8 Å². The topological polar surface area (TPSA) is 116 Å². The lowest BCUT2D eigenvalue weighted by atomic mass is 10.1. The fourth-order valence-corrected chi connectivity index (χ4v) is 2.61. The lowest BCUT2D eigenvalue weighted by molar-refractivity contribution is -0.140. The SMILES string of the molecule is CCC(NC(=O)NC(CCC(=O)O)C(=O)O)c1cccs1. The van der Waals surface area contributed by atoms with Gasteiger partial charge in [0.05, 0.1) is 6.04 Å². The van der Waals surface area contributed by atoms with E-state index in [0.29, 0.717) is 6.42 Å². The van der Waals surface area contributed by atoms with Gasteiger partial charge in [0, 0.05) is 11.3 Å². The molecule has 0 aliphatic carbocycles. The molecule has 0 fully saturated rings. The lowest BCUT2D eigenvalue weighted by Crippen LogP contribution is -2.47. The van der Waals surface area contributed by atoms with Gasteiger partial charge in [-0.1, -0.05) is 13.0 Å². The summed E-state index contributed by atoms with van der Waals surface area (Å²) < 4.78 is 0. The van der Waals surface area contributed by atoms with Crippen molar-refractivity contribution in [2.24, 2.45) is 0 Å². The molecule has 0 aromatic carbocycles. The molecule has 0 aliphatic rings. The van der Waals surface area contributed by atoms with E-state index in [9.17, 15) is 14.4 Å². The Morgan fingerprint density at radius 2 is 2.00 bits per heavy atom. The van der Waals surface area contributed by atoms with Gasteiger partial charge in [-0.05, 0) is 24.3 Å². The molecule has 116 valence electrons. The van der Waals surface area contributed by atoms with Crippen LogP contribution in [-0.4, -0.2) is 34.2 Å². The highest BCUT2D eigenvalue weighted by Crippen LogP contribution is 2.21. The Morgan fingerprint density at radius 3 is 2.48 bits per heavy atom. The fraction of sp³-hybridized carbons (Fsp3) is 0.462. The summed E-state index contributed by atoms with van der Waals surface area (Å²) in [5, 5.41) is 24.4. The minimum Gasteiger partial charge on any atom is -0.481 e. The molecule has 2 amide bonds. The van der Waals surface area contributed by atoms with E-state index in [-0.39, 0.29) is 18.9 Å². The van der Waals surface area contributed by atoms with E-state index in [2.05, 4.69) is 10.6 Å². The molecule has 0 saturated carbocycles. The Morgan fingerprint density at radius 1 is 1.29 bits per heavy atom. The second-order valence-corrected chi connectivity index (χ2v) is 5.40. The normalized spacial score (nSPS) is 13.2. The van der Waals surface area contributed by atoms with E-state index in [0.717, 1.165) is 4.88 Å². The number of hydrogen-bond donors (Lipinski definition) is 4. The predicted octanol–water partition coefficient (Wildman–Crippen LogP) is 1.82. The van der Waals surface area contributed by atoms with Gasteiger partial charge in [0.25, 0.3) is 0 Å². The number of rotatable bonds is 8. The molecule has 2 atom stereocenters. The second kappa shape index (κ2) is 8.25. The predicted molar refractivity (Wildman–Crippen MR) is 77.3 cm³/mol. The first kappa shape index (κ1) is 17.0. The highest BCUT2D eigenvalue weighted by molar-refractivity contribution is 7.10. The molecule has 0 saturated heterocycles. The Kier molecular flexibility index (Phi) is 6.67. The highest BCUT2D eigenvalue weighted by Gasteiger charge is 2.22. The summed E-state index contributed by atoms with van der Waals surface area (Å²) in [7, 11) is 0. The van der Waals surface area contributed by atoms with Crippen LogP contribution in [0.15, 0.2) is 17.5 Å². The van der Waals surface area contributed by atoms with Gasteiger partial charge in [0.1, 0.15) is 6.04 Å². The molecular weight excluding hydrogens is 296 g/mol. The Hall–Kier alpha value is -2.09. The van der Waals surface area contributed by atoms with E-state index >= 15 is 0 Å². The van der Waals surface area contributed by atoms with Gasteiger partial charge in [-0.15, -0.1) is 11.3 Å². The summed E-state index contributed by atoms with van der Waals surface area (Å²) in [6.45, 7) is 1.91. The number of carbonyl (C=O) groups excluding carboxylic acids is 1. The van der Waals surface area contributed by atoms with E-state index in [1.54, 1.807) is 0 Å². The minimum atomic E-state index is -1.25. The first-order chi connectivity index (χ1) is 9.93. The van der Waals surface area contributed by atoms with E-state index in [1.807, 2.05) is 24.4 Å².